The second kappa shape index (κ2) is 6.15. The number of rotatable bonds is 4. The first-order chi connectivity index (χ1) is 11.8. The van der Waals surface area contributed by atoms with Crippen molar-refractivity contribution in [3.63, 3.8) is 0 Å². The Morgan fingerprint density at radius 2 is 1.88 bits per heavy atom. The van der Waals surface area contributed by atoms with E-state index in [-0.39, 0.29) is 22.5 Å². The first-order valence-electron chi connectivity index (χ1n) is 6.87. The number of carbonyl (C=O) groups excluding carboxylic acids is 1. The molecule has 128 valence electrons. The first-order valence-corrected chi connectivity index (χ1v) is 6.87. The van der Waals surface area contributed by atoms with Crippen LogP contribution in [0.1, 0.15) is 0 Å². The van der Waals surface area contributed by atoms with Gasteiger partial charge in [-0.2, -0.15) is 0 Å². The fourth-order valence-electron chi connectivity index (χ4n) is 2.28. The average Bonchev–Trinajstić information content (AvgIpc) is 2.81. The molecule has 0 spiro atoms. The van der Waals surface area contributed by atoms with Crippen LogP contribution in [0, 0.1) is 21.7 Å². The molecule has 0 aliphatic heterocycles. The van der Waals surface area contributed by atoms with Crippen molar-refractivity contribution < 1.29 is 22.9 Å². The van der Waals surface area contributed by atoms with Crippen LogP contribution in [-0.2, 0) is 11.3 Å². The van der Waals surface area contributed by atoms with Gasteiger partial charge >= 0.3 is 5.76 Å². The number of nitrogens with zero attached hydrogens (tertiary/aromatic N) is 2. The fourth-order valence-corrected chi connectivity index (χ4v) is 2.28. The summed E-state index contributed by atoms with van der Waals surface area (Å²) in [4.78, 5) is 34.0. The van der Waals surface area contributed by atoms with Crippen LogP contribution in [0.25, 0.3) is 11.1 Å². The van der Waals surface area contributed by atoms with E-state index >= 15 is 0 Å². The van der Waals surface area contributed by atoms with Crippen molar-refractivity contribution in [2.75, 3.05) is 5.32 Å². The van der Waals surface area contributed by atoms with Gasteiger partial charge in [0.05, 0.1) is 10.4 Å². The summed E-state index contributed by atoms with van der Waals surface area (Å²) < 4.78 is 32.0. The lowest BCUT2D eigenvalue weighted by Crippen LogP contribution is -2.24. The number of aromatic nitrogens is 1. The smallest absolute Gasteiger partial charge is 0.408 e. The van der Waals surface area contributed by atoms with Gasteiger partial charge in [0.25, 0.3) is 5.69 Å². The molecule has 0 aliphatic carbocycles. The summed E-state index contributed by atoms with van der Waals surface area (Å²) in [7, 11) is 0. The molecular formula is C15H9F2N3O5. The number of nitrogens with one attached hydrogen (secondary N) is 1. The van der Waals surface area contributed by atoms with Crippen molar-refractivity contribution in [2.45, 2.75) is 6.54 Å². The molecule has 0 saturated heterocycles. The third kappa shape index (κ3) is 3.37. The second-order valence-corrected chi connectivity index (χ2v) is 5.07. The number of fused-ring (bicyclic) bond motifs is 1. The highest BCUT2D eigenvalue weighted by Gasteiger charge is 2.16. The van der Waals surface area contributed by atoms with Gasteiger partial charge in [0.15, 0.2) is 5.58 Å². The number of hydrogen-bond donors (Lipinski definition) is 1. The molecule has 1 heterocycles. The van der Waals surface area contributed by atoms with Crippen LogP contribution in [0.5, 0.6) is 0 Å². The van der Waals surface area contributed by atoms with Gasteiger partial charge < -0.3 is 9.73 Å². The van der Waals surface area contributed by atoms with Crippen LogP contribution in [0.4, 0.5) is 20.2 Å². The summed E-state index contributed by atoms with van der Waals surface area (Å²) in [5.41, 5.74) is -0.288. The first kappa shape index (κ1) is 16.3. The monoisotopic (exact) mass is 349 g/mol. The molecule has 3 rings (SSSR count). The number of nitro benzene ring substituents is 1. The van der Waals surface area contributed by atoms with Crippen LogP contribution in [0.2, 0.25) is 0 Å². The molecule has 0 bridgehead atoms. The van der Waals surface area contributed by atoms with Crippen LogP contribution in [0.15, 0.2) is 45.6 Å². The normalized spacial score (nSPS) is 10.8. The third-order valence-corrected chi connectivity index (χ3v) is 3.31. The molecule has 25 heavy (non-hydrogen) atoms. The van der Waals surface area contributed by atoms with Crippen molar-refractivity contribution >= 4 is 28.4 Å². The summed E-state index contributed by atoms with van der Waals surface area (Å²) in [5, 5.41) is 13.1. The fraction of sp³-hybridized carbons (Fsp3) is 0.0667. The van der Waals surface area contributed by atoms with E-state index in [1.54, 1.807) is 0 Å². The summed E-state index contributed by atoms with van der Waals surface area (Å²) in [6.07, 6.45) is 0. The predicted molar refractivity (Wildman–Crippen MR) is 82.1 cm³/mol. The lowest BCUT2D eigenvalue weighted by Gasteiger charge is -2.06. The molecule has 3 aromatic rings. The molecule has 0 saturated carbocycles. The van der Waals surface area contributed by atoms with Gasteiger partial charge in [-0.25, -0.2) is 13.6 Å². The van der Waals surface area contributed by atoms with E-state index in [4.69, 9.17) is 4.42 Å². The van der Waals surface area contributed by atoms with E-state index < -0.39 is 34.8 Å². The number of hydrogen-bond acceptors (Lipinski definition) is 5. The Labute approximate surface area is 137 Å². The highest BCUT2D eigenvalue weighted by molar-refractivity contribution is 5.91. The zero-order valence-corrected chi connectivity index (χ0v) is 12.4. The Kier molecular flexibility index (Phi) is 4.01. The molecule has 2 aromatic carbocycles. The maximum atomic E-state index is 13.1. The molecule has 0 radical (unpaired) electrons. The largest absolute Gasteiger partial charge is 0.420 e. The maximum Gasteiger partial charge on any atom is 0.420 e. The molecular weight excluding hydrogens is 340 g/mol. The Bertz CT molecular complexity index is 1040. The number of halogens is 2. The summed E-state index contributed by atoms with van der Waals surface area (Å²) >= 11 is 0. The molecule has 0 unspecified atom stereocenters. The molecule has 8 nitrogen and oxygen atoms in total. The number of amides is 1. The van der Waals surface area contributed by atoms with Crippen LogP contribution >= 0.6 is 0 Å². The zero-order chi connectivity index (χ0) is 18.1. The Morgan fingerprint density at radius 3 is 2.52 bits per heavy atom. The number of benzene rings is 2. The minimum absolute atomic E-state index is 0.0553. The predicted octanol–water partition coefficient (Wildman–Crippen LogP) is 2.42. The zero-order valence-electron chi connectivity index (χ0n) is 12.4. The molecule has 0 aliphatic rings. The molecule has 1 N–H and O–H groups in total. The minimum Gasteiger partial charge on any atom is -0.408 e. The van der Waals surface area contributed by atoms with Crippen LogP contribution in [0.3, 0.4) is 0 Å². The lowest BCUT2D eigenvalue weighted by atomic mass is 10.3. The van der Waals surface area contributed by atoms with E-state index in [0.29, 0.717) is 6.07 Å². The molecule has 0 fully saturated rings. The van der Waals surface area contributed by atoms with Crippen molar-refractivity contribution in [1.29, 1.82) is 0 Å². The highest BCUT2D eigenvalue weighted by atomic mass is 19.1. The van der Waals surface area contributed by atoms with E-state index in [2.05, 4.69) is 5.32 Å². The van der Waals surface area contributed by atoms with Crippen molar-refractivity contribution in [3.8, 4) is 0 Å². The second-order valence-electron chi connectivity index (χ2n) is 5.07. The number of non-ortho nitro benzene ring substituents is 1. The summed E-state index contributed by atoms with van der Waals surface area (Å²) in [6.45, 7) is -0.550. The van der Waals surface area contributed by atoms with Gasteiger partial charge in [-0.3, -0.25) is 19.5 Å². The number of nitro groups is 1. The van der Waals surface area contributed by atoms with E-state index in [1.807, 2.05) is 0 Å². The third-order valence-electron chi connectivity index (χ3n) is 3.31. The SMILES string of the molecule is O=C(Cn1c(=O)oc2ccc([N+](=O)[O-])cc21)Nc1cc(F)cc(F)c1. The van der Waals surface area contributed by atoms with E-state index in [9.17, 15) is 28.5 Å². The quantitative estimate of drug-likeness (QED) is 0.575. The van der Waals surface area contributed by atoms with E-state index in [0.717, 1.165) is 28.8 Å². The minimum atomic E-state index is -0.893. The topological polar surface area (TPSA) is 107 Å². The number of oxazole rings is 1. The van der Waals surface area contributed by atoms with E-state index in [1.165, 1.54) is 6.07 Å². The van der Waals surface area contributed by atoms with Gasteiger partial charge in [-0.05, 0) is 18.2 Å². The lowest BCUT2D eigenvalue weighted by molar-refractivity contribution is -0.384. The van der Waals surface area contributed by atoms with Gasteiger partial charge in [-0.1, -0.05) is 0 Å². The Balaban J connectivity index is 1.90. The van der Waals surface area contributed by atoms with Crippen molar-refractivity contribution in [1.82, 2.24) is 4.57 Å². The van der Waals surface area contributed by atoms with Gasteiger partial charge in [0, 0.05) is 23.9 Å². The molecule has 1 aromatic heterocycles. The summed E-state index contributed by atoms with van der Waals surface area (Å²) in [6, 6.07) is 5.94. The van der Waals surface area contributed by atoms with Gasteiger partial charge in [0.2, 0.25) is 5.91 Å². The van der Waals surface area contributed by atoms with Gasteiger partial charge in [0.1, 0.15) is 18.2 Å². The maximum absolute atomic E-state index is 13.1. The number of anilines is 1. The average molecular weight is 349 g/mol. The Morgan fingerprint density at radius 1 is 1.20 bits per heavy atom. The summed E-state index contributed by atoms with van der Waals surface area (Å²) in [5.74, 6) is -3.41. The standard InChI is InChI=1S/C15H9F2N3O5/c16-8-3-9(17)5-10(4-8)18-14(21)7-19-12-6-11(20(23)24)1-2-13(12)25-15(19)22/h1-6H,7H2,(H,18,21). The van der Waals surface area contributed by atoms with Crippen LogP contribution in [-0.4, -0.2) is 15.4 Å². The Hall–Kier alpha value is -3.56. The molecule has 1 amide bonds. The highest BCUT2D eigenvalue weighted by Crippen LogP contribution is 2.20. The number of carbonyl (C=O) groups is 1. The van der Waals surface area contributed by atoms with Crippen LogP contribution < -0.4 is 11.1 Å². The molecule has 0 atom stereocenters. The van der Waals surface area contributed by atoms with Crippen molar-refractivity contribution in [3.05, 3.63) is 68.7 Å². The van der Waals surface area contributed by atoms with Gasteiger partial charge in [-0.15, -0.1) is 0 Å². The van der Waals surface area contributed by atoms with Crippen molar-refractivity contribution in [2.24, 2.45) is 0 Å². The molecule has 10 heteroatoms.